The molecule has 0 atom stereocenters. The van der Waals surface area contributed by atoms with Gasteiger partial charge >= 0.3 is 5.97 Å². The summed E-state index contributed by atoms with van der Waals surface area (Å²) in [6.07, 6.45) is 1.77. The van der Waals surface area contributed by atoms with Gasteiger partial charge in [-0.25, -0.2) is 13.1 Å². The third-order valence-electron chi connectivity index (χ3n) is 4.07. The maximum Gasteiger partial charge on any atom is 0.308 e. The van der Waals surface area contributed by atoms with E-state index in [9.17, 15) is 13.2 Å². The number of thiophene rings is 1. The van der Waals surface area contributed by atoms with Gasteiger partial charge in [0.2, 0.25) is 10.0 Å². The van der Waals surface area contributed by atoms with Crippen LogP contribution < -0.4 is 4.72 Å². The molecule has 0 saturated heterocycles. The van der Waals surface area contributed by atoms with Crippen LogP contribution in [0.1, 0.15) is 23.3 Å². The lowest BCUT2D eigenvalue weighted by atomic mass is 9.96. The van der Waals surface area contributed by atoms with E-state index in [1.54, 1.807) is 6.07 Å². The average molecular weight is 351 g/mol. The molecule has 1 aliphatic carbocycles. The molecule has 3 rings (SSSR count). The number of hydrogen-bond acceptors (Lipinski definition) is 4. The van der Waals surface area contributed by atoms with Crippen LogP contribution in [-0.4, -0.2) is 26.0 Å². The largest absolute Gasteiger partial charge is 0.481 e. The van der Waals surface area contributed by atoms with Gasteiger partial charge in [-0.1, -0.05) is 30.3 Å². The van der Waals surface area contributed by atoms with Crippen molar-refractivity contribution in [3.8, 4) is 0 Å². The molecule has 1 fully saturated rings. The number of sulfonamides is 1. The Hall–Kier alpha value is -1.70. The highest BCUT2D eigenvalue weighted by Crippen LogP contribution is 2.47. The van der Waals surface area contributed by atoms with Crippen molar-refractivity contribution in [2.45, 2.75) is 28.9 Å². The van der Waals surface area contributed by atoms with Crippen LogP contribution in [0.15, 0.2) is 46.7 Å². The number of benzene rings is 1. The average Bonchev–Trinajstić information content (AvgIpc) is 3.17. The number of carboxylic acids is 1. The third kappa shape index (κ3) is 3.63. The molecule has 0 spiro atoms. The third-order valence-corrected chi connectivity index (χ3v) is 7.05. The van der Waals surface area contributed by atoms with Crippen molar-refractivity contribution in [1.82, 2.24) is 4.72 Å². The molecule has 0 bridgehead atoms. The van der Waals surface area contributed by atoms with Crippen molar-refractivity contribution in [2.75, 3.05) is 6.54 Å². The summed E-state index contributed by atoms with van der Waals surface area (Å²) in [5.74, 6) is -0.968. The number of carboxylic acid groups (broad SMARTS) is 1. The second kappa shape index (κ2) is 6.07. The fraction of sp³-hybridized carbons (Fsp3) is 0.312. The van der Waals surface area contributed by atoms with Gasteiger partial charge in [0.1, 0.15) is 4.21 Å². The minimum Gasteiger partial charge on any atom is -0.481 e. The van der Waals surface area contributed by atoms with E-state index in [4.69, 9.17) is 5.11 Å². The van der Waals surface area contributed by atoms with Crippen LogP contribution in [0.5, 0.6) is 0 Å². The number of aliphatic carboxylic acids is 1. The van der Waals surface area contributed by atoms with Crippen LogP contribution in [0.3, 0.4) is 0 Å². The van der Waals surface area contributed by atoms with Crippen LogP contribution in [-0.2, 0) is 26.7 Å². The predicted molar refractivity (Wildman–Crippen MR) is 88.2 cm³/mol. The zero-order valence-electron chi connectivity index (χ0n) is 12.4. The van der Waals surface area contributed by atoms with Crippen LogP contribution >= 0.6 is 11.3 Å². The van der Waals surface area contributed by atoms with E-state index in [1.165, 1.54) is 6.07 Å². The highest BCUT2D eigenvalue weighted by molar-refractivity contribution is 7.91. The number of nitrogens with one attached hydrogen (secondary N) is 1. The van der Waals surface area contributed by atoms with E-state index in [-0.39, 0.29) is 16.0 Å². The van der Waals surface area contributed by atoms with Gasteiger partial charge in [0.25, 0.3) is 0 Å². The van der Waals surface area contributed by atoms with Crippen molar-refractivity contribution >= 4 is 27.3 Å². The summed E-state index contributed by atoms with van der Waals surface area (Å²) in [4.78, 5) is 11.2. The molecule has 0 aliphatic heterocycles. The van der Waals surface area contributed by atoms with Crippen LogP contribution in [0.4, 0.5) is 0 Å². The molecule has 7 heteroatoms. The summed E-state index contributed by atoms with van der Waals surface area (Å²) in [6, 6.07) is 12.9. The highest BCUT2D eigenvalue weighted by Gasteiger charge is 2.44. The summed E-state index contributed by atoms with van der Waals surface area (Å²) in [7, 11) is -3.60. The van der Waals surface area contributed by atoms with Crippen molar-refractivity contribution in [2.24, 2.45) is 0 Å². The van der Waals surface area contributed by atoms with E-state index < -0.39 is 16.0 Å². The Morgan fingerprint density at radius 1 is 1.17 bits per heavy atom. The van der Waals surface area contributed by atoms with Crippen molar-refractivity contribution in [3.05, 3.63) is 52.9 Å². The molecule has 5 nitrogen and oxygen atoms in total. The van der Waals surface area contributed by atoms with E-state index in [0.29, 0.717) is 11.4 Å². The predicted octanol–water partition coefficient (Wildman–Crippen LogP) is 2.39. The lowest BCUT2D eigenvalue weighted by Gasteiger charge is -2.16. The zero-order chi connectivity index (χ0) is 16.5. The smallest absolute Gasteiger partial charge is 0.308 e. The number of carbonyl (C=O) groups is 1. The standard InChI is InChI=1S/C16H17NO4S2/c18-14(19)10-13-6-7-15(22-13)23(20,21)17-11-16(8-9-16)12-4-2-1-3-5-12/h1-7,17H,8-11H2,(H,18,19). The first-order chi connectivity index (χ1) is 10.9. The second-order valence-electron chi connectivity index (χ2n) is 5.76. The zero-order valence-corrected chi connectivity index (χ0v) is 14.0. The molecule has 2 aromatic rings. The maximum absolute atomic E-state index is 12.4. The minimum absolute atomic E-state index is 0.102. The Morgan fingerprint density at radius 2 is 1.87 bits per heavy atom. The van der Waals surface area contributed by atoms with Crippen molar-refractivity contribution < 1.29 is 18.3 Å². The first-order valence-electron chi connectivity index (χ1n) is 7.27. The molecule has 1 heterocycles. The molecule has 0 radical (unpaired) electrons. The van der Waals surface area contributed by atoms with Gasteiger partial charge in [0.05, 0.1) is 6.42 Å². The molecule has 122 valence electrons. The molecule has 2 N–H and O–H groups in total. The van der Waals surface area contributed by atoms with Gasteiger partial charge in [-0.15, -0.1) is 11.3 Å². The van der Waals surface area contributed by atoms with E-state index >= 15 is 0 Å². The van der Waals surface area contributed by atoms with E-state index in [1.807, 2.05) is 30.3 Å². The van der Waals surface area contributed by atoms with Crippen molar-refractivity contribution in [3.63, 3.8) is 0 Å². The summed E-state index contributed by atoms with van der Waals surface area (Å²) in [5.41, 5.74) is 1.05. The van der Waals surface area contributed by atoms with Crippen LogP contribution in [0, 0.1) is 0 Å². The Morgan fingerprint density at radius 3 is 2.48 bits per heavy atom. The highest BCUT2D eigenvalue weighted by atomic mass is 32.2. The summed E-state index contributed by atoms with van der Waals surface area (Å²) in [5, 5.41) is 8.76. The molecular weight excluding hydrogens is 334 g/mol. The molecule has 1 aromatic carbocycles. The SMILES string of the molecule is O=C(O)Cc1ccc(S(=O)(=O)NCC2(c3ccccc3)CC2)s1. The summed E-state index contributed by atoms with van der Waals surface area (Å²) >= 11 is 1.00. The Labute approximate surface area is 139 Å². The first kappa shape index (κ1) is 16.2. The molecular formula is C16H17NO4S2. The first-order valence-corrected chi connectivity index (χ1v) is 9.57. The second-order valence-corrected chi connectivity index (χ2v) is 8.92. The lowest BCUT2D eigenvalue weighted by molar-refractivity contribution is -0.136. The summed E-state index contributed by atoms with van der Waals surface area (Å²) in [6.45, 7) is 0.367. The Balaban J connectivity index is 1.70. The van der Waals surface area contributed by atoms with E-state index in [2.05, 4.69) is 4.72 Å². The molecule has 1 saturated carbocycles. The van der Waals surface area contributed by atoms with E-state index in [0.717, 1.165) is 29.7 Å². The maximum atomic E-state index is 12.4. The molecule has 0 amide bonds. The van der Waals surface area contributed by atoms with Gasteiger partial charge in [0.15, 0.2) is 0 Å². The normalized spacial score (nSPS) is 16.2. The van der Waals surface area contributed by atoms with Crippen LogP contribution in [0.2, 0.25) is 0 Å². The monoisotopic (exact) mass is 351 g/mol. The van der Waals surface area contributed by atoms with Gasteiger partial charge in [-0.3, -0.25) is 4.79 Å². The molecule has 1 aromatic heterocycles. The van der Waals surface area contributed by atoms with Gasteiger partial charge in [-0.05, 0) is 30.5 Å². The van der Waals surface area contributed by atoms with Gasteiger partial charge in [-0.2, -0.15) is 0 Å². The Bertz CT molecular complexity index is 808. The topological polar surface area (TPSA) is 83.5 Å². The molecule has 0 unspecified atom stereocenters. The Kier molecular flexibility index (Phi) is 4.27. The van der Waals surface area contributed by atoms with Crippen LogP contribution in [0.25, 0.3) is 0 Å². The fourth-order valence-electron chi connectivity index (χ4n) is 2.56. The fourth-order valence-corrected chi connectivity index (χ4v) is 5.08. The molecule has 1 aliphatic rings. The molecule has 23 heavy (non-hydrogen) atoms. The minimum atomic E-state index is -3.60. The van der Waals surface area contributed by atoms with Gasteiger partial charge < -0.3 is 5.11 Å². The van der Waals surface area contributed by atoms with Crippen molar-refractivity contribution in [1.29, 1.82) is 0 Å². The van der Waals surface area contributed by atoms with Gasteiger partial charge in [0, 0.05) is 16.8 Å². The lowest BCUT2D eigenvalue weighted by Crippen LogP contribution is -2.31. The summed E-state index contributed by atoms with van der Waals surface area (Å²) < 4.78 is 27.6. The number of rotatable bonds is 7. The number of hydrogen-bond donors (Lipinski definition) is 2. The quantitative estimate of drug-likeness (QED) is 0.802.